The van der Waals surface area contributed by atoms with Gasteiger partial charge in [-0.1, -0.05) is 19.1 Å². The molecule has 0 saturated carbocycles. The first-order valence-corrected chi connectivity index (χ1v) is 4.87. The Kier molecular flexibility index (Phi) is 2.25. The Hall–Kier alpha value is -1.35. The van der Waals surface area contributed by atoms with Gasteiger partial charge in [0.15, 0.2) is 0 Å². The van der Waals surface area contributed by atoms with Crippen LogP contribution in [0.3, 0.4) is 0 Å². The fourth-order valence-electron chi connectivity index (χ4n) is 1.70. The maximum Gasteiger partial charge on any atom is 0.104 e. The lowest BCUT2D eigenvalue weighted by Gasteiger charge is -2.08. The highest BCUT2D eigenvalue weighted by Crippen LogP contribution is 2.22. The van der Waals surface area contributed by atoms with Gasteiger partial charge in [0.25, 0.3) is 0 Å². The molecule has 1 aromatic heterocycles. The van der Waals surface area contributed by atoms with Crippen LogP contribution in [0.5, 0.6) is 0 Å². The molecule has 0 aliphatic heterocycles. The summed E-state index contributed by atoms with van der Waals surface area (Å²) in [4.78, 5) is 7.70. The number of hydrogen-bond acceptors (Lipinski definition) is 2. The molecule has 1 unspecified atom stereocenters. The van der Waals surface area contributed by atoms with Crippen LogP contribution < -0.4 is 5.73 Å². The lowest BCUT2D eigenvalue weighted by molar-refractivity contribution is 0.779. The number of fused-ring (bicyclic) bond motifs is 1. The molecule has 0 radical (unpaired) electrons. The van der Waals surface area contributed by atoms with E-state index in [1.54, 1.807) is 0 Å². The highest BCUT2D eigenvalue weighted by Gasteiger charge is 2.09. The van der Waals surface area contributed by atoms with Crippen LogP contribution >= 0.6 is 0 Å². The normalized spacial score (nSPS) is 13.4. The first kappa shape index (κ1) is 9.21. The third-order valence-corrected chi connectivity index (χ3v) is 2.55. The van der Waals surface area contributed by atoms with E-state index >= 15 is 0 Å². The first-order chi connectivity index (χ1) is 6.72. The first-order valence-electron chi connectivity index (χ1n) is 4.87. The molecule has 0 amide bonds. The van der Waals surface area contributed by atoms with Crippen LogP contribution in [-0.4, -0.2) is 16.5 Å². The Morgan fingerprint density at radius 2 is 2.29 bits per heavy atom. The molecule has 0 aliphatic carbocycles. The van der Waals surface area contributed by atoms with Crippen molar-refractivity contribution in [3.05, 3.63) is 29.6 Å². The summed E-state index contributed by atoms with van der Waals surface area (Å²) in [6.07, 6.45) is 0. The Morgan fingerprint density at radius 3 is 3.00 bits per heavy atom. The molecule has 0 aliphatic rings. The van der Waals surface area contributed by atoms with E-state index in [2.05, 4.69) is 23.0 Å². The van der Waals surface area contributed by atoms with Crippen LogP contribution in [0.25, 0.3) is 11.0 Å². The maximum absolute atomic E-state index is 5.66. The Bertz CT molecular complexity index is 445. The van der Waals surface area contributed by atoms with E-state index in [-0.39, 0.29) is 0 Å². The number of benzene rings is 1. The van der Waals surface area contributed by atoms with Crippen LogP contribution in [0, 0.1) is 6.92 Å². The van der Waals surface area contributed by atoms with Crippen LogP contribution in [0.15, 0.2) is 18.2 Å². The highest BCUT2D eigenvalue weighted by molar-refractivity contribution is 5.79. The third-order valence-electron chi connectivity index (χ3n) is 2.55. The monoisotopic (exact) mass is 189 g/mol. The van der Waals surface area contributed by atoms with Gasteiger partial charge in [-0.05, 0) is 31.0 Å². The zero-order valence-electron chi connectivity index (χ0n) is 8.54. The summed E-state index contributed by atoms with van der Waals surface area (Å²) in [6, 6.07) is 6.18. The number of aromatic nitrogens is 2. The Labute approximate surface area is 83.3 Å². The molecule has 74 valence electrons. The summed E-state index contributed by atoms with van der Waals surface area (Å²) >= 11 is 0. The number of para-hydroxylation sites is 1. The van der Waals surface area contributed by atoms with Crippen molar-refractivity contribution in [3.8, 4) is 0 Å². The van der Waals surface area contributed by atoms with Gasteiger partial charge in [0.2, 0.25) is 0 Å². The molecule has 1 atom stereocenters. The van der Waals surface area contributed by atoms with Crippen LogP contribution in [0.2, 0.25) is 0 Å². The Balaban J connectivity index is 2.64. The molecule has 0 fully saturated rings. The highest BCUT2D eigenvalue weighted by atomic mass is 14.9. The molecule has 0 spiro atoms. The minimum absolute atomic E-state index is 0.362. The number of hydrogen-bond donors (Lipinski definition) is 2. The van der Waals surface area contributed by atoms with Gasteiger partial charge in [-0.25, -0.2) is 4.98 Å². The average molecular weight is 189 g/mol. The molecule has 14 heavy (non-hydrogen) atoms. The van der Waals surface area contributed by atoms with Crippen LogP contribution in [0.4, 0.5) is 0 Å². The van der Waals surface area contributed by atoms with E-state index in [4.69, 9.17) is 5.73 Å². The fraction of sp³-hybridized carbons (Fsp3) is 0.364. The van der Waals surface area contributed by atoms with Crippen LogP contribution in [0.1, 0.15) is 24.2 Å². The van der Waals surface area contributed by atoms with Crippen molar-refractivity contribution < 1.29 is 0 Å². The molecule has 0 bridgehead atoms. The molecular weight excluding hydrogens is 174 g/mol. The number of aryl methyl sites for hydroxylation is 1. The second kappa shape index (κ2) is 3.42. The minimum atomic E-state index is 0.362. The van der Waals surface area contributed by atoms with Crippen molar-refractivity contribution in [2.45, 2.75) is 19.8 Å². The second-order valence-electron chi connectivity index (χ2n) is 3.70. The molecule has 2 rings (SSSR count). The number of H-pyrrole nitrogens is 1. The number of nitrogens with zero attached hydrogens (tertiary/aromatic N) is 1. The van der Waals surface area contributed by atoms with E-state index in [0.717, 1.165) is 16.9 Å². The van der Waals surface area contributed by atoms with E-state index < -0.39 is 0 Å². The van der Waals surface area contributed by atoms with Gasteiger partial charge in [-0.15, -0.1) is 0 Å². The van der Waals surface area contributed by atoms with E-state index in [1.165, 1.54) is 5.56 Å². The van der Waals surface area contributed by atoms with Crippen molar-refractivity contribution in [3.63, 3.8) is 0 Å². The van der Waals surface area contributed by atoms with Gasteiger partial charge < -0.3 is 10.7 Å². The van der Waals surface area contributed by atoms with E-state index in [1.807, 2.05) is 19.1 Å². The number of nitrogens with two attached hydrogens (primary N) is 1. The molecule has 3 heteroatoms. The molecular formula is C11H15N3. The number of rotatable bonds is 2. The van der Waals surface area contributed by atoms with Gasteiger partial charge in [0, 0.05) is 0 Å². The summed E-state index contributed by atoms with van der Waals surface area (Å²) < 4.78 is 0. The van der Waals surface area contributed by atoms with Gasteiger partial charge in [0.1, 0.15) is 5.82 Å². The topological polar surface area (TPSA) is 54.7 Å². The summed E-state index contributed by atoms with van der Waals surface area (Å²) in [5.41, 5.74) is 9.05. The molecule has 3 N–H and O–H groups in total. The number of imidazole rings is 1. The molecule has 2 aromatic rings. The summed E-state index contributed by atoms with van der Waals surface area (Å²) in [6.45, 7) is 4.75. The maximum atomic E-state index is 5.66. The molecule has 1 heterocycles. The molecule has 1 aromatic carbocycles. The second-order valence-corrected chi connectivity index (χ2v) is 3.70. The van der Waals surface area contributed by atoms with Gasteiger partial charge in [-0.3, -0.25) is 0 Å². The largest absolute Gasteiger partial charge is 0.342 e. The van der Waals surface area contributed by atoms with Gasteiger partial charge in [-0.2, -0.15) is 0 Å². The lowest BCUT2D eigenvalue weighted by Crippen LogP contribution is -2.09. The van der Waals surface area contributed by atoms with Crippen molar-refractivity contribution in [2.24, 2.45) is 5.73 Å². The van der Waals surface area contributed by atoms with Crippen molar-refractivity contribution in [1.29, 1.82) is 0 Å². The molecule has 3 nitrogen and oxygen atoms in total. The van der Waals surface area contributed by atoms with Gasteiger partial charge in [0.05, 0.1) is 11.0 Å². The fourth-order valence-corrected chi connectivity index (χ4v) is 1.70. The lowest BCUT2D eigenvalue weighted by atomic mass is 10.00. The third kappa shape index (κ3) is 1.40. The number of aromatic amines is 1. The Morgan fingerprint density at radius 1 is 1.50 bits per heavy atom. The van der Waals surface area contributed by atoms with Gasteiger partial charge >= 0.3 is 0 Å². The average Bonchev–Trinajstić information content (AvgIpc) is 2.56. The van der Waals surface area contributed by atoms with Crippen molar-refractivity contribution in [2.75, 3.05) is 6.54 Å². The van der Waals surface area contributed by atoms with E-state index in [0.29, 0.717) is 12.5 Å². The summed E-state index contributed by atoms with van der Waals surface area (Å²) in [5.74, 6) is 1.32. The van der Waals surface area contributed by atoms with Crippen molar-refractivity contribution in [1.82, 2.24) is 9.97 Å². The zero-order chi connectivity index (χ0) is 10.1. The SMILES string of the molecule is Cc1nc2c(C(C)CN)cccc2[nH]1. The summed E-state index contributed by atoms with van der Waals surface area (Å²) in [7, 11) is 0. The predicted molar refractivity (Wildman–Crippen MR) is 58.3 cm³/mol. The summed E-state index contributed by atoms with van der Waals surface area (Å²) in [5, 5.41) is 0. The van der Waals surface area contributed by atoms with E-state index in [9.17, 15) is 0 Å². The molecule has 0 saturated heterocycles. The number of nitrogens with one attached hydrogen (secondary N) is 1. The van der Waals surface area contributed by atoms with Crippen molar-refractivity contribution >= 4 is 11.0 Å². The quantitative estimate of drug-likeness (QED) is 0.758. The smallest absolute Gasteiger partial charge is 0.104 e. The van der Waals surface area contributed by atoms with Crippen LogP contribution in [-0.2, 0) is 0 Å². The standard InChI is InChI=1S/C11H15N3/c1-7(6-12)9-4-3-5-10-11(9)14-8(2)13-10/h3-5,7H,6,12H2,1-2H3,(H,13,14). The zero-order valence-corrected chi connectivity index (χ0v) is 8.54. The minimum Gasteiger partial charge on any atom is -0.342 e. The predicted octanol–water partition coefficient (Wildman–Crippen LogP) is 1.93.